The van der Waals surface area contributed by atoms with Gasteiger partial charge in [0.05, 0.1) is 13.2 Å². The average molecular weight is 473 g/mol. The second-order valence-electron chi connectivity index (χ2n) is 9.05. The Kier molecular flexibility index (Phi) is 18.1. The SMILES string of the molecule is CCCCCCCCCCCCCCCCCCOCCOC1=C(O)[C@@H]([C@@H](O)CO)OC1=O. The highest BCUT2D eigenvalue weighted by Gasteiger charge is 2.40. The smallest absolute Gasteiger partial charge is 0.378 e. The molecule has 3 N–H and O–H groups in total. The number of ether oxygens (including phenoxy) is 3. The summed E-state index contributed by atoms with van der Waals surface area (Å²) in [6, 6.07) is 0. The molecule has 7 nitrogen and oxygen atoms in total. The molecule has 1 aliphatic rings. The molecule has 1 rings (SSSR count). The zero-order chi connectivity index (χ0) is 24.2. The highest BCUT2D eigenvalue weighted by molar-refractivity contribution is 5.89. The van der Waals surface area contributed by atoms with E-state index in [-0.39, 0.29) is 12.4 Å². The van der Waals surface area contributed by atoms with Crippen molar-refractivity contribution in [1.29, 1.82) is 0 Å². The van der Waals surface area contributed by atoms with Crippen molar-refractivity contribution in [3.63, 3.8) is 0 Å². The molecule has 0 aromatic heterocycles. The van der Waals surface area contributed by atoms with Gasteiger partial charge in [-0.1, -0.05) is 103 Å². The molecule has 0 aromatic carbocycles. The molecule has 1 aliphatic heterocycles. The third-order valence-electron chi connectivity index (χ3n) is 6.07. The Morgan fingerprint density at radius 2 is 1.27 bits per heavy atom. The zero-order valence-corrected chi connectivity index (χ0v) is 20.8. The monoisotopic (exact) mass is 472 g/mol. The lowest BCUT2D eigenvalue weighted by atomic mass is 10.0. The van der Waals surface area contributed by atoms with Gasteiger partial charge in [-0.05, 0) is 6.42 Å². The standard InChI is InChI=1S/C26H48O7/c1-2-3-4-5-6-7-8-9-10-11-12-13-14-15-16-17-18-31-19-20-32-25-23(29)24(22(28)21-27)33-26(25)30/h22,24,27-29H,2-21H2,1H3/t22-,24+/m0/s1. The Morgan fingerprint density at radius 1 is 0.788 bits per heavy atom. The predicted molar refractivity (Wildman–Crippen MR) is 129 cm³/mol. The van der Waals surface area contributed by atoms with E-state index in [2.05, 4.69) is 6.92 Å². The first-order valence-electron chi connectivity index (χ1n) is 13.2. The van der Waals surface area contributed by atoms with E-state index in [0.717, 1.165) is 12.8 Å². The molecule has 0 radical (unpaired) electrons. The van der Waals surface area contributed by atoms with Gasteiger partial charge in [0.1, 0.15) is 12.7 Å². The molecule has 0 bridgehead atoms. The maximum atomic E-state index is 11.6. The normalized spacial score (nSPS) is 16.9. The minimum atomic E-state index is -1.37. The van der Waals surface area contributed by atoms with Crippen LogP contribution in [0.3, 0.4) is 0 Å². The van der Waals surface area contributed by atoms with Gasteiger partial charge in [0, 0.05) is 6.61 Å². The number of rotatable bonds is 23. The number of carbonyl (C=O) groups excluding carboxylic acids is 1. The van der Waals surface area contributed by atoms with Gasteiger partial charge in [0.25, 0.3) is 0 Å². The van der Waals surface area contributed by atoms with Gasteiger partial charge >= 0.3 is 5.97 Å². The van der Waals surface area contributed by atoms with Crippen molar-refractivity contribution in [3.05, 3.63) is 11.5 Å². The molecule has 0 spiro atoms. The van der Waals surface area contributed by atoms with E-state index in [1.54, 1.807) is 0 Å². The molecule has 0 amide bonds. The van der Waals surface area contributed by atoms with Gasteiger partial charge in [-0.2, -0.15) is 0 Å². The van der Waals surface area contributed by atoms with E-state index >= 15 is 0 Å². The molecule has 0 fully saturated rings. The lowest BCUT2D eigenvalue weighted by Gasteiger charge is -2.13. The van der Waals surface area contributed by atoms with Crippen LogP contribution in [0, 0.1) is 0 Å². The van der Waals surface area contributed by atoms with Crippen LogP contribution in [0.25, 0.3) is 0 Å². The molecule has 2 atom stereocenters. The van der Waals surface area contributed by atoms with Crippen LogP contribution in [0.5, 0.6) is 0 Å². The quantitative estimate of drug-likeness (QED) is 0.136. The summed E-state index contributed by atoms with van der Waals surface area (Å²) in [6.45, 7) is 2.69. The molecule has 0 aromatic rings. The fraction of sp³-hybridized carbons (Fsp3) is 0.885. The first kappa shape index (κ1) is 29.7. The largest absolute Gasteiger partial charge is 0.505 e. The minimum absolute atomic E-state index is 0.106. The van der Waals surface area contributed by atoms with Gasteiger partial charge < -0.3 is 29.5 Å². The van der Waals surface area contributed by atoms with Crippen LogP contribution in [0.1, 0.15) is 110 Å². The molecule has 0 saturated carbocycles. The van der Waals surface area contributed by atoms with Crippen LogP contribution < -0.4 is 0 Å². The van der Waals surface area contributed by atoms with Crippen molar-refractivity contribution < 1.29 is 34.3 Å². The van der Waals surface area contributed by atoms with Crippen LogP contribution in [-0.4, -0.2) is 59.9 Å². The fourth-order valence-electron chi connectivity index (χ4n) is 4.00. The maximum Gasteiger partial charge on any atom is 0.378 e. The summed E-state index contributed by atoms with van der Waals surface area (Å²) in [5.41, 5.74) is 0. The Hall–Kier alpha value is -1.31. The fourth-order valence-corrected chi connectivity index (χ4v) is 4.00. The molecule has 0 unspecified atom stereocenters. The number of aliphatic hydroxyl groups is 3. The third-order valence-corrected chi connectivity index (χ3v) is 6.07. The van der Waals surface area contributed by atoms with E-state index in [4.69, 9.17) is 19.3 Å². The van der Waals surface area contributed by atoms with Crippen molar-refractivity contribution in [2.45, 2.75) is 122 Å². The Balaban J connectivity index is 1.83. The highest BCUT2D eigenvalue weighted by Crippen LogP contribution is 2.24. The molecule has 33 heavy (non-hydrogen) atoms. The lowest BCUT2D eigenvalue weighted by molar-refractivity contribution is -0.148. The van der Waals surface area contributed by atoms with Gasteiger partial charge in [-0.3, -0.25) is 0 Å². The number of aliphatic hydroxyl groups excluding tert-OH is 3. The van der Waals surface area contributed by atoms with E-state index in [1.807, 2.05) is 0 Å². The zero-order valence-electron chi connectivity index (χ0n) is 20.8. The molecule has 1 heterocycles. The number of esters is 1. The van der Waals surface area contributed by atoms with Crippen LogP contribution in [0.2, 0.25) is 0 Å². The van der Waals surface area contributed by atoms with Crippen molar-refractivity contribution >= 4 is 5.97 Å². The number of carbonyl (C=O) groups is 1. The van der Waals surface area contributed by atoms with Crippen LogP contribution in [0.15, 0.2) is 11.5 Å². The average Bonchev–Trinajstić information content (AvgIpc) is 3.10. The number of hydrogen-bond acceptors (Lipinski definition) is 7. The lowest BCUT2D eigenvalue weighted by Crippen LogP contribution is -2.31. The number of cyclic esters (lactones) is 1. The van der Waals surface area contributed by atoms with Crippen LogP contribution >= 0.6 is 0 Å². The first-order chi connectivity index (χ1) is 16.1. The summed E-state index contributed by atoms with van der Waals surface area (Å²) in [6.07, 6.45) is 18.7. The minimum Gasteiger partial charge on any atom is -0.505 e. The Labute approximate surface area is 200 Å². The number of unbranched alkanes of at least 4 members (excludes halogenated alkanes) is 15. The van der Waals surface area contributed by atoms with Gasteiger partial charge in [-0.15, -0.1) is 0 Å². The predicted octanol–water partition coefficient (Wildman–Crippen LogP) is 5.33. The third kappa shape index (κ3) is 13.9. The summed E-state index contributed by atoms with van der Waals surface area (Å²) >= 11 is 0. The van der Waals surface area contributed by atoms with Gasteiger partial charge in [0.2, 0.25) is 5.76 Å². The number of hydrogen-bond donors (Lipinski definition) is 3. The molecule has 0 saturated heterocycles. The first-order valence-corrected chi connectivity index (χ1v) is 13.2. The second-order valence-corrected chi connectivity index (χ2v) is 9.05. The molecule has 194 valence electrons. The molecular formula is C26H48O7. The highest BCUT2D eigenvalue weighted by atomic mass is 16.6. The Bertz CT molecular complexity index is 521. The molecule has 7 heteroatoms. The second kappa shape index (κ2) is 20.1. The maximum absolute atomic E-state index is 11.6. The van der Waals surface area contributed by atoms with Crippen molar-refractivity contribution in [3.8, 4) is 0 Å². The Morgan fingerprint density at radius 3 is 1.76 bits per heavy atom. The van der Waals surface area contributed by atoms with Crippen molar-refractivity contribution in [2.75, 3.05) is 26.4 Å². The van der Waals surface area contributed by atoms with E-state index in [1.165, 1.54) is 89.9 Å². The summed E-state index contributed by atoms with van der Waals surface area (Å²) in [5.74, 6) is -1.65. The molecular weight excluding hydrogens is 424 g/mol. The summed E-state index contributed by atoms with van der Waals surface area (Å²) in [5, 5.41) is 28.3. The summed E-state index contributed by atoms with van der Waals surface area (Å²) in [4.78, 5) is 11.6. The van der Waals surface area contributed by atoms with E-state index in [9.17, 15) is 15.0 Å². The summed E-state index contributed by atoms with van der Waals surface area (Å²) in [7, 11) is 0. The van der Waals surface area contributed by atoms with E-state index in [0.29, 0.717) is 13.2 Å². The van der Waals surface area contributed by atoms with Gasteiger partial charge in [0.15, 0.2) is 11.9 Å². The van der Waals surface area contributed by atoms with Gasteiger partial charge in [-0.25, -0.2) is 4.79 Å². The molecule has 0 aliphatic carbocycles. The topological polar surface area (TPSA) is 105 Å². The summed E-state index contributed by atoms with van der Waals surface area (Å²) < 4.78 is 15.5. The van der Waals surface area contributed by atoms with Crippen LogP contribution in [0.4, 0.5) is 0 Å². The van der Waals surface area contributed by atoms with E-state index < -0.39 is 30.5 Å². The van der Waals surface area contributed by atoms with Crippen molar-refractivity contribution in [1.82, 2.24) is 0 Å². The van der Waals surface area contributed by atoms with Crippen molar-refractivity contribution in [2.24, 2.45) is 0 Å². The van der Waals surface area contributed by atoms with Crippen LogP contribution in [-0.2, 0) is 19.0 Å².